The maximum Gasteiger partial charge on any atom is 0.0476 e. The zero-order valence-electron chi connectivity index (χ0n) is 11.8. The molecule has 17 heavy (non-hydrogen) atoms. The molecule has 96 valence electrons. The standard InChI is InChI=1S/C16H25Cl/c1-6-7-12(4)16-9-14(11(2)3)8-15(10-17)13(16)5/h8-9,11-12H,6-7,10H2,1-5H3/t12-/m1/s1. The minimum absolute atomic E-state index is 0.574. The Kier molecular flexibility index (Phi) is 5.52. The van der Waals surface area contributed by atoms with Gasteiger partial charge in [-0.2, -0.15) is 0 Å². The van der Waals surface area contributed by atoms with Crippen molar-refractivity contribution in [2.75, 3.05) is 0 Å². The minimum atomic E-state index is 0.574. The zero-order chi connectivity index (χ0) is 13.0. The van der Waals surface area contributed by atoms with Gasteiger partial charge < -0.3 is 0 Å². The summed E-state index contributed by atoms with van der Waals surface area (Å²) in [5, 5.41) is 0. The van der Waals surface area contributed by atoms with Crippen molar-refractivity contribution in [1.29, 1.82) is 0 Å². The lowest BCUT2D eigenvalue weighted by Crippen LogP contribution is -2.02. The molecule has 1 heteroatoms. The van der Waals surface area contributed by atoms with E-state index < -0.39 is 0 Å². The van der Waals surface area contributed by atoms with Gasteiger partial charge in [0.1, 0.15) is 0 Å². The van der Waals surface area contributed by atoms with E-state index in [1.54, 1.807) is 0 Å². The summed E-state index contributed by atoms with van der Waals surface area (Å²) in [5.41, 5.74) is 5.61. The van der Waals surface area contributed by atoms with Gasteiger partial charge >= 0.3 is 0 Å². The highest BCUT2D eigenvalue weighted by atomic mass is 35.5. The van der Waals surface area contributed by atoms with Crippen molar-refractivity contribution in [2.24, 2.45) is 0 Å². The van der Waals surface area contributed by atoms with Gasteiger partial charge in [0.2, 0.25) is 0 Å². The van der Waals surface area contributed by atoms with Crippen LogP contribution in [0.15, 0.2) is 12.1 Å². The molecule has 0 amide bonds. The largest absolute Gasteiger partial charge is 0.122 e. The molecule has 0 heterocycles. The van der Waals surface area contributed by atoms with Crippen LogP contribution >= 0.6 is 11.6 Å². The Balaban J connectivity index is 3.22. The molecule has 0 bridgehead atoms. The Labute approximate surface area is 111 Å². The molecule has 0 aromatic heterocycles. The highest BCUT2D eigenvalue weighted by molar-refractivity contribution is 6.17. The molecule has 1 rings (SSSR count). The first kappa shape index (κ1) is 14.6. The molecule has 0 saturated carbocycles. The van der Waals surface area contributed by atoms with Crippen LogP contribution in [0, 0.1) is 6.92 Å². The summed E-state index contributed by atoms with van der Waals surface area (Å²) < 4.78 is 0. The van der Waals surface area contributed by atoms with Crippen LogP contribution in [0.2, 0.25) is 0 Å². The summed E-state index contributed by atoms with van der Waals surface area (Å²) >= 11 is 6.06. The molecule has 1 atom stereocenters. The third kappa shape index (κ3) is 3.48. The normalized spacial score (nSPS) is 13.1. The van der Waals surface area contributed by atoms with Crippen LogP contribution in [0.3, 0.4) is 0 Å². The fourth-order valence-corrected chi connectivity index (χ4v) is 2.67. The van der Waals surface area contributed by atoms with E-state index in [-0.39, 0.29) is 0 Å². The smallest absolute Gasteiger partial charge is 0.0476 e. The lowest BCUT2D eigenvalue weighted by molar-refractivity contribution is 0.658. The summed E-state index contributed by atoms with van der Waals surface area (Å²) in [6.45, 7) is 11.3. The molecular weight excluding hydrogens is 228 g/mol. The van der Waals surface area contributed by atoms with Crippen LogP contribution in [0.5, 0.6) is 0 Å². The highest BCUT2D eigenvalue weighted by Gasteiger charge is 2.13. The molecule has 0 saturated heterocycles. The molecule has 0 N–H and O–H groups in total. The Morgan fingerprint density at radius 2 is 1.82 bits per heavy atom. The van der Waals surface area contributed by atoms with Gasteiger partial charge in [0, 0.05) is 5.88 Å². The zero-order valence-corrected chi connectivity index (χ0v) is 12.6. The number of benzene rings is 1. The second kappa shape index (κ2) is 6.44. The third-order valence-electron chi connectivity index (χ3n) is 3.64. The first-order valence-electron chi connectivity index (χ1n) is 6.70. The molecule has 0 aliphatic carbocycles. The van der Waals surface area contributed by atoms with Crippen molar-refractivity contribution in [3.05, 3.63) is 34.4 Å². The molecule has 1 aromatic rings. The molecule has 0 aliphatic heterocycles. The number of hydrogen-bond acceptors (Lipinski definition) is 0. The van der Waals surface area contributed by atoms with Crippen LogP contribution in [0.1, 0.15) is 74.6 Å². The number of rotatable bonds is 5. The van der Waals surface area contributed by atoms with E-state index in [0.29, 0.717) is 17.7 Å². The van der Waals surface area contributed by atoms with E-state index in [0.717, 1.165) is 0 Å². The van der Waals surface area contributed by atoms with Crippen LogP contribution in [0.4, 0.5) is 0 Å². The van der Waals surface area contributed by atoms with Crippen molar-refractivity contribution < 1.29 is 0 Å². The first-order valence-corrected chi connectivity index (χ1v) is 7.23. The predicted octanol–water partition coefficient (Wildman–Crippen LogP) is 5.76. The maximum atomic E-state index is 6.06. The quantitative estimate of drug-likeness (QED) is 0.585. The van der Waals surface area contributed by atoms with Crippen molar-refractivity contribution >= 4 is 11.6 Å². The van der Waals surface area contributed by atoms with Crippen LogP contribution < -0.4 is 0 Å². The van der Waals surface area contributed by atoms with Gasteiger partial charge in [-0.1, -0.05) is 46.2 Å². The molecule has 0 spiro atoms. The Morgan fingerprint density at radius 3 is 2.29 bits per heavy atom. The Bertz CT molecular complexity index is 366. The van der Waals surface area contributed by atoms with E-state index >= 15 is 0 Å². The molecular formula is C16H25Cl. The fourth-order valence-electron chi connectivity index (χ4n) is 2.40. The Hall–Kier alpha value is -0.490. The summed E-state index contributed by atoms with van der Waals surface area (Å²) in [5.74, 6) is 1.84. The van der Waals surface area contributed by atoms with Crippen molar-refractivity contribution in [3.8, 4) is 0 Å². The molecule has 0 radical (unpaired) electrons. The Morgan fingerprint density at radius 1 is 1.18 bits per heavy atom. The van der Waals surface area contributed by atoms with Gasteiger partial charge in [0.15, 0.2) is 0 Å². The van der Waals surface area contributed by atoms with E-state index in [2.05, 4.69) is 46.8 Å². The first-order chi connectivity index (χ1) is 8.01. The number of hydrogen-bond donors (Lipinski definition) is 0. The molecule has 0 nitrogen and oxygen atoms in total. The molecule has 0 aliphatic rings. The monoisotopic (exact) mass is 252 g/mol. The van der Waals surface area contributed by atoms with E-state index in [1.165, 1.54) is 35.1 Å². The lowest BCUT2D eigenvalue weighted by atomic mass is 9.86. The van der Waals surface area contributed by atoms with Crippen LogP contribution in [0.25, 0.3) is 0 Å². The average molecular weight is 253 g/mol. The summed E-state index contributed by atoms with van der Waals surface area (Å²) in [6.07, 6.45) is 2.49. The van der Waals surface area contributed by atoms with Gasteiger partial charge in [0.25, 0.3) is 0 Å². The minimum Gasteiger partial charge on any atom is -0.122 e. The average Bonchev–Trinajstić information content (AvgIpc) is 2.29. The SMILES string of the molecule is CCC[C@@H](C)c1cc(C(C)C)cc(CCl)c1C. The van der Waals surface area contributed by atoms with Gasteiger partial charge in [-0.3, -0.25) is 0 Å². The third-order valence-corrected chi connectivity index (χ3v) is 3.93. The van der Waals surface area contributed by atoms with Crippen molar-refractivity contribution in [3.63, 3.8) is 0 Å². The van der Waals surface area contributed by atoms with Crippen molar-refractivity contribution in [2.45, 2.75) is 65.2 Å². The molecule has 0 unspecified atom stereocenters. The number of halogens is 1. The van der Waals surface area contributed by atoms with Crippen molar-refractivity contribution in [1.82, 2.24) is 0 Å². The van der Waals surface area contributed by atoms with E-state index in [9.17, 15) is 0 Å². The summed E-state index contributed by atoms with van der Waals surface area (Å²) in [6, 6.07) is 4.66. The van der Waals surface area contributed by atoms with Crippen LogP contribution in [-0.2, 0) is 5.88 Å². The fraction of sp³-hybridized carbons (Fsp3) is 0.625. The second-order valence-corrected chi connectivity index (χ2v) is 5.64. The van der Waals surface area contributed by atoms with E-state index in [4.69, 9.17) is 11.6 Å². The predicted molar refractivity (Wildman–Crippen MR) is 78.1 cm³/mol. The molecule has 0 fully saturated rings. The van der Waals surface area contributed by atoms with Crippen LogP contribution in [-0.4, -0.2) is 0 Å². The maximum absolute atomic E-state index is 6.06. The summed E-state index contributed by atoms with van der Waals surface area (Å²) in [4.78, 5) is 0. The topological polar surface area (TPSA) is 0 Å². The number of alkyl halides is 1. The lowest BCUT2D eigenvalue weighted by Gasteiger charge is -2.19. The van der Waals surface area contributed by atoms with Gasteiger partial charge in [-0.25, -0.2) is 0 Å². The summed E-state index contributed by atoms with van der Waals surface area (Å²) in [7, 11) is 0. The molecule has 1 aromatic carbocycles. The van der Waals surface area contributed by atoms with Gasteiger partial charge in [-0.15, -0.1) is 11.6 Å². The van der Waals surface area contributed by atoms with Gasteiger partial charge in [-0.05, 0) is 47.4 Å². The second-order valence-electron chi connectivity index (χ2n) is 5.37. The van der Waals surface area contributed by atoms with E-state index in [1.807, 2.05) is 0 Å². The van der Waals surface area contributed by atoms with Gasteiger partial charge in [0.05, 0.1) is 0 Å². The highest BCUT2D eigenvalue weighted by Crippen LogP contribution is 2.30.